The number of methoxy groups -OCH3 is 1. The second-order valence-electron chi connectivity index (χ2n) is 7.92. The molecule has 8 nitrogen and oxygen atoms in total. The highest BCUT2D eigenvalue weighted by atomic mass is 79.9. The number of likely N-dealkylation sites (N-methyl/N-ethyl adjacent to an activating group) is 1. The summed E-state index contributed by atoms with van der Waals surface area (Å²) in [6.45, 7) is 0. The van der Waals surface area contributed by atoms with Crippen molar-refractivity contribution in [1.29, 1.82) is 0 Å². The zero-order valence-corrected chi connectivity index (χ0v) is 21.2. The Balaban J connectivity index is 1.58. The Labute approximate surface area is 215 Å². The lowest BCUT2D eigenvalue weighted by molar-refractivity contribution is -0.147. The summed E-state index contributed by atoms with van der Waals surface area (Å²) in [7, 11) is 2.83. The number of fused-ring (bicyclic) bond motifs is 1. The number of nitrogens with one attached hydrogen (secondary N) is 1. The quantitative estimate of drug-likeness (QED) is 0.250. The molecular formula is C27H23BrN2O6. The highest BCUT2D eigenvalue weighted by molar-refractivity contribution is 9.10. The normalized spacial score (nSPS) is 11.8. The predicted octanol–water partition coefficient (Wildman–Crippen LogP) is 4.71. The molecular weight excluding hydrogens is 528 g/mol. The number of esters is 1. The molecule has 184 valence electrons. The Kier molecular flexibility index (Phi) is 7.82. The summed E-state index contributed by atoms with van der Waals surface area (Å²) >= 11 is 3.42. The molecule has 1 heterocycles. The fourth-order valence-corrected chi connectivity index (χ4v) is 4.03. The Morgan fingerprint density at radius 3 is 2.42 bits per heavy atom. The van der Waals surface area contributed by atoms with Crippen LogP contribution in [-0.2, 0) is 16.0 Å². The molecule has 36 heavy (non-hydrogen) atoms. The van der Waals surface area contributed by atoms with Crippen LogP contribution < -0.4 is 15.6 Å². The minimum Gasteiger partial charge on any atom is -0.468 e. The Bertz CT molecular complexity index is 1450. The van der Waals surface area contributed by atoms with Gasteiger partial charge in [-0.25, -0.2) is 5.01 Å². The van der Waals surface area contributed by atoms with Crippen LogP contribution in [0.2, 0.25) is 0 Å². The van der Waals surface area contributed by atoms with E-state index >= 15 is 0 Å². The second-order valence-corrected chi connectivity index (χ2v) is 8.77. The number of rotatable bonds is 8. The molecule has 1 N–H and O–H groups in total. The number of carbonyl (C=O) groups is 2. The number of hydrogen-bond acceptors (Lipinski definition) is 7. The topological polar surface area (TPSA) is 98.1 Å². The highest BCUT2D eigenvalue weighted by Crippen LogP contribution is 2.32. The van der Waals surface area contributed by atoms with Gasteiger partial charge in [-0.1, -0.05) is 48.5 Å². The van der Waals surface area contributed by atoms with Crippen molar-refractivity contribution in [1.82, 2.24) is 10.4 Å². The number of hydrogen-bond donors (Lipinski definition) is 1. The average Bonchev–Trinajstić information content (AvgIpc) is 2.88. The summed E-state index contributed by atoms with van der Waals surface area (Å²) < 4.78 is 17.3. The first-order chi connectivity index (χ1) is 17.4. The molecule has 1 atom stereocenters. The van der Waals surface area contributed by atoms with E-state index < -0.39 is 23.3 Å². The Morgan fingerprint density at radius 2 is 1.69 bits per heavy atom. The van der Waals surface area contributed by atoms with Crippen molar-refractivity contribution in [3.05, 3.63) is 105 Å². The summed E-state index contributed by atoms with van der Waals surface area (Å²) in [6, 6.07) is 21.8. The van der Waals surface area contributed by atoms with Crippen molar-refractivity contribution in [3.8, 4) is 11.5 Å². The molecule has 3 aromatic carbocycles. The molecule has 0 aliphatic rings. The van der Waals surface area contributed by atoms with Crippen LogP contribution >= 0.6 is 15.9 Å². The van der Waals surface area contributed by atoms with Crippen molar-refractivity contribution < 1.29 is 23.5 Å². The molecule has 0 aliphatic carbocycles. The van der Waals surface area contributed by atoms with Gasteiger partial charge in [0, 0.05) is 19.5 Å². The van der Waals surface area contributed by atoms with Gasteiger partial charge in [0.05, 0.1) is 11.6 Å². The molecule has 1 amide bonds. The lowest BCUT2D eigenvalue weighted by Gasteiger charge is -2.26. The maximum absolute atomic E-state index is 13.0. The molecule has 0 fully saturated rings. The summed E-state index contributed by atoms with van der Waals surface area (Å²) in [4.78, 5) is 38.4. The molecule has 4 aromatic rings. The average molecular weight is 551 g/mol. The zero-order chi connectivity index (χ0) is 25.7. The van der Waals surface area contributed by atoms with Gasteiger partial charge in [0.2, 0.25) is 0 Å². The fourth-order valence-electron chi connectivity index (χ4n) is 3.67. The second kappa shape index (κ2) is 11.2. The Hall–Kier alpha value is -3.95. The van der Waals surface area contributed by atoms with Crippen LogP contribution in [0.3, 0.4) is 0 Å². The van der Waals surface area contributed by atoms with E-state index in [2.05, 4.69) is 21.4 Å². The maximum atomic E-state index is 13.0. The predicted molar refractivity (Wildman–Crippen MR) is 138 cm³/mol. The number of amides is 1. The third-order valence-electron chi connectivity index (χ3n) is 5.49. The van der Waals surface area contributed by atoms with Crippen LogP contribution in [0.15, 0.2) is 92.5 Å². The van der Waals surface area contributed by atoms with Gasteiger partial charge in [0.25, 0.3) is 0 Å². The number of hydrazine groups is 1. The van der Waals surface area contributed by atoms with Gasteiger partial charge >= 0.3 is 11.9 Å². The Morgan fingerprint density at radius 1 is 1.00 bits per heavy atom. The van der Waals surface area contributed by atoms with Crippen molar-refractivity contribution in [2.75, 3.05) is 14.2 Å². The van der Waals surface area contributed by atoms with Gasteiger partial charge in [-0.15, -0.1) is 0 Å². The van der Waals surface area contributed by atoms with E-state index in [-0.39, 0.29) is 16.7 Å². The van der Waals surface area contributed by atoms with E-state index in [1.807, 2.05) is 48.5 Å². The van der Waals surface area contributed by atoms with Crippen molar-refractivity contribution in [3.63, 3.8) is 0 Å². The van der Waals surface area contributed by atoms with Gasteiger partial charge in [0.1, 0.15) is 28.5 Å². The lowest BCUT2D eigenvalue weighted by Crippen LogP contribution is -2.50. The molecule has 0 saturated heterocycles. The number of carbonyl (C=O) groups excluding carboxylic acids is 2. The highest BCUT2D eigenvalue weighted by Gasteiger charge is 2.27. The molecule has 0 radical (unpaired) electrons. The van der Waals surface area contributed by atoms with Gasteiger partial charge in [-0.3, -0.25) is 19.8 Å². The van der Waals surface area contributed by atoms with Crippen LogP contribution in [0, 0.1) is 0 Å². The zero-order valence-electron chi connectivity index (χ0n) is 19.6. The van der Waals surface area contributed by atoms with E-state index in [0.29, 0.717) is 17.9 Å². The number of benzene rings is 3. The van der Waals surface area contributed by atoms with Crippen molar-refractivity contribution in [2.24, 2.45) is 0 Å². The van der Waals surface area contributed by atoms with Crippen LogP contribution in [-0.4, -0.2) is 37.1 Å². The van der Waals surface area contributed by atoms with E-state index in [0.717, 1.165) is 16.1 Å². The number of halogens is 1. The third-order valence-corrected chi connectivity index (χ3v) is 6.14. The molecule has 1 aromatic heterocycles. The minimum atomic E-state index is -0.794. The van der Waals surface area contributed by atoms with Crippen LogP contribution in [0.5, 0.6) is 11.5 Å². The van der Waals surface area contributed by atoms with E-state index in [9.17, 15) is 14.4 Å². The molecule has 0 bridgehead atoms. The monoisotopic (exact) mass is 550 g/mol. The first-order valence-electron chi connectivity index (χ1n) is 11.0. The van der Waals surface area contributed by atoms with Crippen LogP contribution in [0.25, 0.3) is 11.0 Å². The molecule has 0 spiro atoms. The van der Waals surface area contributed by atoms with Gasteiger partial charge in [-0.2, -0.15) is 0 Å². The molecule has 0 aliphatic heterocycles. The van der Waals surface area contributed by atoms with E-state index in [1.54, 1.807) is 31.3 Å². The summed E-state index contributed by atoms with van der Waals surface area (Å²) in [5, 5.41) is 1.55. The number of para-hydroxylation sites is 1. The van der Waals surface area contributed by atoms with E-state index in [1.165, 1.54) is 12.1 Å². The first-order valence-corrected chi connectivity index (χ1v) is 11.8. The van der Waals surface area contributed by atoms with Crippen molar-refractivity contribution in [2.45, 2.75) is 12.5 Å². The lowest BCUT2D eigenvalue weighted by atomic mass is 10.1. The van der Waals surface area contributed by atoms with E-state index in [4.69, 9.17) is 13.9 Å². The summed E-state index contributed by atoms with van der Waals surface area (Å²) in [5.74, 6) is -0.585. The minimum absolute atomic E-state index is 0.189. The smallest absolute Gasteiger partial charge is 0.325 e. The largest absolute Gasteiger partial charge is 0.468 e. The molecule has 0 saturated carbocycles. The van der Waals surface area contributed by atoms with Gasteiger partial charge in [0.15, 0.2) is 11.2 Å². The number of ether oxygens (including phenoxy) is 2. The van der Waals surface area contributed by atoms with Gasteiger partial charge in [-0.05, 0) is 45.8 Å². The van der Waals surface area contributed by atoms with Crippen LogP contribution in [0.1, 0.15) is 16.1 Å². The first kappa shape index (κ1) is 25.2. The SMILES string of the molecule is COC(=O)[C@H](Cc1ccccc1)N(C)NC(=O)c1cc(=O)c2c(Oc3ccccc3Br)cccc2o1. The number of nitrogens with zero attached hydrogens (tertiary/aromatic N) is 1. The maximum Gasteiger partial charge on any atom is 0.325 e. The standard InChI is InChI=1S/C27H23BrN2O6/c1-30(19(27(33)34-2)15-17-9-4-3-5-10-17)29-26(32)24-16-20(31)25-22(13-8-14-23(25)36-24)35-21-12-7-6-11-18(21)28/h3-14,16,19H,15H2,1-2H3,(H,29,32)/t19-/m0/s1. The molecule has 0 unspecified atom stereocenters. The van der Waals surface area contributed by atoms with Gasteiger partial charge < -0.3 is 13.9 Å². The molecule has 9 heteroatoms. The van der Waals surface area contributed by atoms with Crippen molar-refractivity contribution >= 4 is 38.8 Å². The molecule has 4 rings (SSSR count). The van der Waals surface area contributed by atoms with Crippen LogP contribution in [0.4, 0.5) is 0 Å². The summed E-state index contributed by atoms with van der Waals surface area (Å²) in [6.07, 6.45) is 0.307. The summed E-state index contributed by atoms with van der Waals surface area (Å²) in [5.41, 5.74) is 3.25. The third kappa shape index (κ3) is 5.64. The fraction of sp³-hybridized carbons (Fsp3) is 0.148.